The molecule has 3 heteroatoms. The van der Waals surface area contributed by atoms with Crippen molar-refractivity contribution in [3.05, 3.63) is 30.5 Å². The molecule has 0 saturated carbocycles. The summed E-state index contributed by atoms with van der Waals surface area (Å²) in [6.45, 7) is 0. The fraction of sp³-hybridized carbons (Fsp3) is 0. The summed E-state index contributed by atoms with van der Waals surface area (Å²) >= 11 is 0. The van der Waals surface area contributed by atoms with Crippen molar-refractivity contribution in [3.8, 4) is 0 Å². The van der Waals surface area contributed by atoms with E-state index in [-0.39, 0.29) is 8.46 Å². The fourth-order valence-electron chi connectivity index (χ4n) is 1.14. The lowest BCUT2D eigenvalue weighted by Crippen LogP contribution is -1.89. The molecule has 0 aliphatic heterocycles. The monoisotopic (exact) mass is 163 g/mol. The average molecular weight is 163 g/mol. The predicted octanol–water partition coefficient (Wildman–Crippen LogP) is 2.08. The third-order valence-corrected chi connectivity index (χ3v) is 2.22. The lowest BCUT2D eigenvalue weighted by molar-refractivity contribution is 0.603. The van der Waals surface area contributed by atoms with Crippen molar-refractivity contribution >= 4 is 24.7 Å². The molecule has 0 aliphatic carbocycles. The van der Waals surface area contributed by atoms with E-state index in [1.165, 1.54) is 0 Å². The van der Waals surface area contributed by atoms with Crippen LogP contribution in [0.15, 0.2) is 30.5 Å². The van der Waals surface area contributed by atoms with Crippen LogP contribution in [0.4, 0.5) is 0 Å². The Morgan fingerprint density at radius 3 is 2.91 bits per heavy atom. The van der Waals surface area contributed by atoms with E-state index in [1.54, 1.807) is 0 Å². The Hall–Kier alpha value is -1.14. The third-order valence-electron chi connectivity index (χ3n) is 1.67. The summed E-state index contributed by atoms with van der Waals surface area (Å²) in [5.74, 6) is 0. The van der Waals surface area contributed by atoms with Crippen LogP contribution >= 0.6 is 8.46 Å². The summed E-state index contributed by atoms with van der Waals surface area (Å²) < 4.78 is 10.5. The van der Waals surface area contributed by atoms with Gasteiger partial charge in [0.2, 0.25) is 8.46 Å². The Morgan fingerprint density at radius 2 is 2.09 bits per heavy atom. The van der Waals surface area contributed by atoms with Gasteiger partial charge in [-0.1, -0.05) is 24.3 Å². The van der Waals surface area contributed by atoms with E-state index in [0.717, 1.165) is 16.2 Å². The molecule has 0 saturated heterocycles. The molecule has 2 aromatic rings. The highest BCUT2D eigenvalue weighted by Gasteiger charge is 1.99. The van der Waals surface area contributed by atoms with Crippen LogP contribution in [0.25, 0.3) is 10.8 Å². The van der Waals surface area contributed by atoms with Gasteiger partial charge in [-0.2, -0.15) is 0 Å². The summed E-state index contributed by atoms with van der Waals surface area (Å²) in [5.41, 5.74) is 0.751. The second kappa shape index (κ2) is 2.48. The minimum atomic E-state index is 0.0511. The highest BCUT2D eigenvalue weighted by Crippen LogP contribution is 2.13. The molecule has 2 rings (SSSR count). The third kappa shape index (κ3) is 0.958. The topological polar surface area (TPSA) is 32.9 Å². The lowest BCUT2D eigenvalue weighted by Gasteiger charge is -1.85. The SMILES string of the molecule is O=Pc1[nH]cc2ccccc12. The molecule has 1 heterocycles. The summed E-state index contributed by atoms with van der Waals surface area (Å²) in [5, 5.41) is 2.13. The summed E-state index contributed by atoms with van der Waals surface area (Å²) in [4.78, 5) is 2.94. The molecule has 0 aliphatic rings. The van der Waals surface area contributed by atoms with E-state index < -0.39 is 0 Å². The van der Waals surface area contributed by atoms with Gasteiger partial charge in [-0.15, -0.1) is 0 Å². The molecular formula is C8H6NOP. The number of hydrogen-bond donors (Lipinski definition) is 1. The first kappa shape index (κ1) is 6.56. The number of nitrogens with one attached hydrogen (secondary N) is 1. The quantitative estimate of drug-likeness (QED) is 0.641. The molecule has 0 spiro atoms. The van der Waals surface area contributed by atoms with E-state index in [0.29, 0.717) is 0 Å². The molecule has 0 amide bonds. The molecule has 0 atom stereocenters. The number of aromatic nitrogens is 1. The van der Waals surface area contributed by atoms with Gasteiger partial charge < -0.3 is 4.98 Å². The fourth-order valence-corrected chi connectivity index (χ4v) is 1.56. The molecule has 54 valence electrons. The number of hydrogen-bond acceptors (Lipinski definition) is 1. The van der Waals surface area contributed by atoms with Crippen molar-refractivity contribution in [2.45, 2.75) is 0 Å². The standard InChI is InChI=1S/C8H6NOP/c10-11-8-7-4-2-1-3-6(7)5-9-8/h1-5,9H. The Bertz CT molecular complexity index is 394. The number of rotatable bonds is 1. The molecule has 0 unspecified atom stereocenters. The Kier molecular flexibility index (Phi) is 1.48. The highest BCUT2D eigenvalue weighted by atomic mass is 31.1. The van der Waals surface area contributed by atoms with Crippen LogP contribution in [0.2, 0.25) is 0 Å². The second-order valence-electron chi connectivity index (χ2n) is 2.32. The van der Waals surface area contributed by atoms with Crippen LogP contribution in [-0.4, -0.2) is 4.98 Å². The maximum atomic E-state index is 10.5. The van der Waals surface area contributed by atoms with E-state index >= 15 is 0 Å². The normalized spacial score (nSPS) is 10.9. The molecule has 0 radical (unpaired) electrons. The molecular weight excluding hydrogens is 157 g/mol. The van der Waals surface area contributed by atoms with Crippen molar-refractivity contribution in [2.24, 2.45) is 0 Å². The summed E-state index contributed by atoms with van der Waals surface area (Å²) in [7, 11) is 0.0511. The maximum Gasteiger partial charge on any atom is 0.211 e. The van der Waals surface area contributed by atoms with Crippen LogP contribution in [0, 0.1) is 0 Å². The Balaban J connectivity index is 2.86. The van der Waals surface area contributed by atoms with Gasteiger partial charge in [-0.05, 0) is 0 Å². The lowest BCUT2D eigenvalue weighted by atomic mass is 10.2. The molecule has 2 nitrogen and oxygen atoms in total. The summed E-state index contributed by atoms with van der Waals surface area (Å²) in [6, 6.07) is 7.83. The van der Waals surface area contributed by atoms with E-state index in [1.807, 2.05) is 30.5 Å². The van der Waals surface area contributed by atoms with Crippen molar-refractivity contribution in [3.63, 3.8) is 0 Å². The first-order valence-electron chi connectivity index (χ1n) is 3.31. The van der Waals surface area contributed by atoms with Gasteiger partial charge in [0.1, 0.15) is 5.44 Å². The number of H-pyrrole nitrogens is 1. The summed E-state index contributed by atoms with van der Waals surface area (Å²) in [6.07, 6.45) is 1.86. The van der Waals surface area contributed by atoms with Crippen LogP contribution < -0.4 is 5.44 Å². The van der Waals surface area contributed by atoms with Crippen LogP contribution in [0.5, 0.6) is 0 Å². The molecule has 1 aromatic heterocycles. The van der Waals surface area contributed by atoms with Crippen LogP contribution in [0.1, 0.15) is 0 Å². The van der Waals surface area contributed by atoms with E-state index in [9.17, 15) is 4.57 Å². The van der Waals surface area contributed by atoms with Crippen molar-refractivity contribution < 1.29 is 4.57 Å². The van der Waals surface area contributed by atoms with Crippen molar-refractivity contribution in [2.75, 3.05) is 0 Å². The molecule has 0 fully saturated rings. The number of aromatic amines is 1. The van der Waals surface area contributed by atoms with Crippen LogP contribution in [-0.2, 0) is 4.57 Å². The molecule has 1 N–H and O–H groups in total. The first-order chi connectivity index (χ1) is 5.42. The van der Waals surface area contributed by atoms with Gasteiger partial charge in [-0.3, -0.25) is 4.57 Å². The smallest absolute Gasteiger partial charge is 0.211 e. The van der Waals surface area contributed by atoms with Gasteiger partial charge in [0.15, 0.2) is 0 Å². The highest BCUT2D eigenvalue weighted by molar-refractivity contribution is 7.34. The van der Waals surface area contributed by atoms with E-state index in [2.05, 4.69) is 4.98 Å². The zero-order valence-corrected chi connectivity index (χ0v) is 6.64. The zero-order chi connectivity index (χ0) is 7.68. The minimum absolute atomic E-state index is 0.0511. The van der Waals surface area contributed by atoms with Gasteiger partial charge in [0.05, 0.1) is 0 Å². The average Bonchev–Trinajstić information content (AvgIpc) is 2.47. The molecule has 0 bridgehead atoms. The van der Waals surface area contributed by atoms with Gasteiger partial charge >= 0.3 is 0 Å². The number of benzene rings is 1. The Labute approximate surface area is 65.4 Å². The van der Waals surface area contributed by atoms with E-state index in [4.69, 9.17) is 0 Å². The predicted molar refractivity (Wildman–Crippen MR) is 45.5 cm³/mol. The zero-order valence-electron chi connectivity index (χ0n) is 5.74. The molecule has 11 heavy (non-hydrogen) atoms. The first-order valence-corrected chi connectivity index (χ1v) is 4.12. The van der Waals surface area contributed by atoms with Crippen molar-refractivity contribution in [1.82, 2.24) is 4.98 Å². The largest absolute Gasteiger partial charge is 0.354 e. The number of fused-ring (bicyclic) bond motifs is 1. The maximum absolute atomic E-state index is 10.5. The minimum Gasteiger partial charge on any atom is -0.354 e. The van der Waals surface area contributed by atoms with Crippen molar-refractivity contribution in [1.29, 1.82) is 0 Å². The van der Waals surface area contributed by atoms with Gasteiger partial charge in [-0.25, -0.2) is 0 Å². The second-order valence-corrected chi connectivity index (χ2v) is 2.95. The van der Waals surface area contributed by atoms with Crippen LogP contribution in [0.3, 0.4) is 0 Å². The molecule has 1 aromatic carbocycles. The van der Waals surface area contributed by atoms with Gasteiger partial charge in [0, 0.05) is 17.0 Å². The van der Waals surface area contributed by atoms with Gasteiger partial charge in [0.25, 0.3) is 0 Å². The Morgan fingerprint density at radius 1 is 1.27 bits per heavy atom.